The molecule has 0 spiro atoms. The van der Waals surface area contributed by atoms with E-state index >= 15 is 0 Å². The van der Waals surface area contributed by atoms with Crippen LogP contribution in [0.3, 0.4) is 0 Å². The molecule has 0 bridgehead atoms. The molecule has 21 heavy (non-hydrogen) atoms. The fourth-order valence-corrected chi connectivity index (χ4v) is 2.15. The minimum atomic E-state index is 0.0111. The zero-order valence-corrected chi connectivity index (χ0v) is 12.7. The number of carbonyl (C=O) groups excluding carboxylic acids is 1. The molecule has 2 aromatic rings. The number of pyridine rings is 1. The van der Waals surface area contributed by atoms with Crippen LogP contribution in [-0.2, 0) is 6.54 Å². The highest BCUT2D eigenvalue weighted by molar-refractivity contribution is 5.95. The lowest BCUT2D eigenvalue weighted by atomic mass is 10.1. The van der Waals surface area contributed by atoms with Crippen LogP contribution in [-0.4, -0.2) is 21.8 Å². The molecular formula is C17H21N3O. The lowest BCUT2D eigenvalue weighted by Crippen LogP contribution is -2.36. The van der Waals surface area contributed by atoms with Crippen molar-refractivity contribution in [2.24, 2.45) is 0 Å². The van der Waals surface area contributed by atoms with Gasteiger partial charge in [-0.3, -0.25) is 9.78 Å². The molecule has 2 rings (SSSR count). The summed E-state index contributed by atoms with van der Waals surface area (Å²) in [6.45, 7) is 6.48. The van der Waals surface area contributed by atoms with Gasteiger partial charge in [0, 0.05) is 36.2 Å². The summed E-state index contributed by atoms with van der Waals surface area (Å²) in [4.78, 5) is 18.7. The molecule has 1 amide bonds. The molecule has 4 heteroatoms. The highest BCUT2D eigenvalue weighted by Gasteiger charge is 2.19. The van der Waals surface area contributed by atoms with Crippen LogP contribution in [0.2, 0.25) is 0 Å². The van der Waals surface area contributed by atoms with E-state index in [1.54, 1.807) is 24.5 Å². The van der Waals surface area contributed by atoms with Gasteiger partial charge in [0.1, 0.15) is 0 Å². The van der Waals surface area contributed by atoms with Crippen LogP contribution in [0.5, 0.6) is 0 Å². The summed E-state index contributed by atoms with van der Waals surface area (Å²) < 4.78 is 0. The molecule has 0 saturated carbocycles. The summed E-state index contributed by atoms with van der Waals surface area (Å²) >= 11 is 0. The van der Waals surface area contributed by atoms with Gasteiger partial charge in [-0.1, -0.05) is 6.07 Å². The molecule has 2 N–H and O–H groups in total. The molecule has 0 aliphatic carbocycles. The maximum atomic E-state index is 12.7. The van der Waals surface area contributed by atoms with E-state index in [0.29, 0.717) is 17.8 Å². The third-order valence-electron chi connectivity index (χ3n) is 3.48. The van der Waals surface area contributed by atoms with Crippen LogP contribution in [0.4, 0.5) is 5.69 Å². The molecular weight excluding hydrogens is 262 g/mol. The summed E-state index contributed by atoms with van der Waals surface area (Å²) in [5.41, 5.74) is 9.13. The third-order valence-corrected chi connectivity index (χ3v) is 3.48. The Bertz CT molecular complexity index is 623. The Labute approximate surface area is 125 Å². The van der Waals surface area contributed by atoms with Gasteiger partial charge in [0.2, 0.25) is 0 Å². The van der Waals surface area contributed by atoms with Crippen molar-refractivity contribution < 1.29 is 4.79 Å². The van der Waals surface area contributed by atoms with Crippen molar-refractivity contribution in [2.75, 3.05) is 5.73 Å². The van der Waals surface area contributed by atoms with Gasteiger partial charge >= 0.3 is 0 Å². The van der Waals surface area contributed by atoms with Gasteiger partial charge in [0.05, 0.1) is 0 Å². The normalized spacial score (nSPS) is 10.7. The van der Waals surface area contributed by atoms with Crippen LogP contribution in [0, 0.1) is 6.92 Å². The highest BCUT2D eigenvalue weighted by Crippen LogP contribution is 2.17. The summed E-state index contributed by atoms with van der Waals surface area (Å²) in [5.74, 6) is 0.0111. The first kappa shape index (κ1) is 15.0. The van der Waals surface area contributed by atoms with Crippen LogP contribution in [0.15, 0.2) is 42.7 Å². The average Bonchev–Trinajstić information content (AvgIpc) is 2.47. The lowest BCUT2D eigenvalue weighted by Gasteiger charge is -2.27. The zero-order chi connectivity index (χ0) is 15.4. The van der Waals surface area contributed by atoms with Gasteiger partial charge in [0.15, 0.2) is 0 Å². The number of hydrogen-bond acceptors (Lipinski definition) is 3. The van der Waals surface area contributed by atoms with Crippen LogP contribution < -0.4 is 5.73 Å². The monoisotopic (exact) mass is 283 g/mol. The Kier molecular flexibility index (Phi) is 4.58. The summed E-state index contributed by atoms with van der Waals surface area (Å²) in [6, 6.07) is 9.37. The fraction of sp³-hybridized carbons (Fsp3) is 0.294. The van der Waals surface area contributed by atoms with Crippen LogP contribution in [0.25, 0.3) is 0 Å². The van der Waals surface area contributed by atoms with E-state index < -0.39 is 0 Å². The standard InChI is InChI=1S/C17H21N3O/c1-12(2)20(11-14-5-4-8-19-10-14)17(21)15-6-7-16(18)13(3)9-15/h4-10,12H,11,18H2,1-3H3. The Morgan fingerprint density at radius 1 is 1.33 bits per heavy atom. The first-order chi connectivity index (χ1) is 9.99. The Morgan fingerprint density at radius 2 is 2.10 bits per heavy atom. The molecule has 1 aromatic heterocycles. The largest absolute Gasteiger partial charge is 0.399 e. The predicted octanol–water partition coefficient (Wildman–Crippen LogP) is 3.02. The molecule has 1 heterocycles. The second-order valence-electron chi connectivity index (χ2n) is 5.46. The smallest absolute Gasteiger partial charge is 0.254 e. The fourth-order valence-electron chi connectivity index (χ4n) is 2.15. The molecule has 4 nitrogen and oxygen atoms in total. The Hall–Kier alpha value is -2.36. The van der Waals surface area contributed by atoms with Gasteiger partial charge in [-0.2, -0.15) is 0 Å². The van der Waals surface area contributed by atoms with Gasteiger partial charge in [-0.15, -0.1) is 0 Å². The number of hydrogen-bond donors (Lipinski definition) is 1. The van der Waals surface area contributed by atoms with Gasteiger partial charge < -0.3 is 10.6 Å². The highest BCUT2D eigenvalue weighted by atomic mass is 16.2. The molecule has 0 radical (unpaired) electrons. The minimum absolute atomic E-state index is 0.0111. The van der Waals surface area contributed by atoms with Crippen LogP contribution >= 0.6 is 0 Å². The SMILES string of the molecule is Cc1cc(C(=O)N(Cc2cccnc2)C(C)C)ccc1N. The zero-order valence-electron chi connectivity index (χ0n) is 12.7. The van der Waals surface area contributed by atoms with Gasteiger partial charge in [0.25, 0.3) is 5.91 Å². The predicted molar refractivity (Wildman–Crippen MR) is 84.8 cm³/mol. The topological polar surface area (TPSA) is 59.2 Å². The van der Waals surface area contributed by atoms with Crippen molar-refractivity contribution in [2.45, 2.75) is 33.4 Å². The minimum Gasteiger partial charge on any atom is -0.399 e. The second kappa shape index (κ2) is 6.39. The Balaban J connectivity index is 2.25. The number of benzene rings is 1. The number of nitrogens with two attached hydrogens (primary N) is 1. The van der Waals surface area contributed by atoms with Gasteiger partial charge in [-0.05, 0) is 56.2 Å². The molecule has 110 valence electrons. The maximum absolute atomic E-state index is 12.7. The summed E-state index contributed by atoms with van der Waals surface area (Å²) in [7, 11) is 0. The lowest BCUT2D eigenvalue weighted by molar-refractivity contribution is 0.0690. The van der Waals surface area contributed by atoms with E-state index in [1.807, 2.05) is 43.9 Å². The summed E-state index contributed by atoms with van der Waals surface area (Å²) in [5, 5.41) is 0. The summed E-state index contributed by atoms with van der Waals surface area (Å²) in [6.07, 6.45) is 3.52. The van der Waals surface area contributed by atoms with E-state index in [0.717, 1.165) is 11.1 Å². The van der Waals surface area contributed by atoms with E-state index in [-0.39, 0.29) is 11.9 Å². The first-order valence-corrected chi connectivity index (χ1v) is 7.05. The second-order valence-corrected chi connectivity index (χ2v) is 5.46. The first-order valence-electron chi connectivity index (χ1n) is 7.05. The van der Waals surface area contributed by atoms with E-state index in [4.69, 9.17) is 5.73 Å². The number of anilines is 1. The number of nitrogen functional groups attached to an aromatic ring is 1. The average molecular weight is 283 g/mol. The van der Waals surface area contributed by atoms with Crippen molar-refractivity contribution in [1.82, 2.24) is 9.88 Å². The molecule has 0 atom stereocenters. The van der Waals surface area contributed by atoms with E-state index in [9.17, 15) is 4.79 Å². The number of aryl methyl sites for hydroxylation is 1. The van der Waals surface area contributed by atoms with Crippen LogP contribution in [0.1, 0.15) is 35.3 Å². The maximum Gasteiger partial charge on any atom is 0.254 e. The van der Waals surface area contributed by atoms with Crippen molar-refractivity contribution >= 4 is 11.6 Å². The number of amides is 1. The molecule has 0 fully saturated rings. The number of carbonyl (C=O) groups is 1. The number of nitrogens with zero attached hydrogens (tertiary/aromatic N) is 2. The number of rotatable bonds is 4. The van der Waals surface area contributed by atoms with Crippen molar-refractivity contribution in [3.05, 3.63) is 59.4 Å². The quantitative estimate of drug-likeness (QED) is 0.877. The van der Waals surface area contributed by atoms with E-state index in [2.05, 4.69) is 4.98 Å². The van der Waals surface area contributed by atoms with Crippen molar-refractivity contribution in [3.8, 4) is 0 Å². The van der Waals surface area contributed by atoms with Crippen molar-refractivity contribution in [1.29, 1.82) is 0 Å². The molecule has 0 unspecified atom stereocenters. The third kappa shape index (κ3) is 3.60. The van der Waals surface area contributed by atoms with Gasteiger partial charge in [-0.25, -0.2) is 0 Å². The number of aromatic nitrogens is 1. The molecule has 0 aliphatic heterocycles. The van der Waals surface area contributed by atoms with Crippen molar-refractivity contribution in [3.63, 3.8) is 0 Å². The molecule has 1 aromatic carbocycles. The Morgan fingerprint density at radius 3 is 2.67 bits per heavy atom. The molecule has 0 saturated heterocycles. The van der Waals surface area contributed by atoms with E-state index in [1.165, 1.54) is 0 Å². The molecule has 0 aliphatic rings.